The molecule has 1 heterocycles. The van der Waals surface area contributed by atoms with E-state index in [1.165, 1.54) is 12.1 Å². The van der Waals surface area contributed by atoms with E-state index in [1.54, 1.807) is 48.5 Å². The van der Waals surface area contributed by atoms with Gasteiger partial charge in [-0.2, -0.15) is 0 Å². The molecule has 5 rings (SSSR count). The van der Waals surface area contributed by atoms with E-state index in [9.17, 15) is 18.8 Å². The minimum Gasteiger partial charge on any atom is -0.481 e. The average Bonchev–Trinajstić information content (AvgIpc) is 3.43. The first kappa shape index (κ1) is 28.1. The van der Waals surface area contributed by atoms with E-state index in [0.717, 1.165) is 27.9 Å². The minimum atomic E-state index is -0.998. The maximum Gasteiger partial charge on any atom is 0.305 e. The van der Waals surface area contributed by atoms with Crippen molar-refractivity contribution in [3.05, 3.63) is 120 Å². The highest BCUT2D eigenvalue weighted by Gasteiger charge is 2.20. The maximum atomic E-state index is 13.5. The van der Waals surface area contributed by atoms with E-state index in [4.69, 9.17) is 9.52 Å². The maximum absolute atomic E-state index is 13.5. The van der Waals surface area contributed by atoms with Crippen molar-refractivity contribution in [1.29, 1.82) is 0 Å². The van der Waals surface area contributed by atoms with Crippen molar-refractivity contribution >= 4 is 40.1 Å². The lowest BCUT2D eigenvalue weighted by Crippen LogP contribution is -2.36. The number of halogens is 1. The Hall–Kier alpha value is -5.44. The van der Waals surface area contributed by atoms with Gasteiger partial charge in [0, 0.05) is 40.9 Å². The molecule has 0 bridgehead atoms. The summed E-state index contributed by atoms with van der Waals surface area (Å²) in [4.78, 5) is 36.4. The van der Waals surface area contributed by atoms with E-state index in [-0.39, 0.29) is 31.1 Å². The predicted octanol–water partition coefficient (Wildman–Crippen LogP) is 6.11. The molecule has 8 nitrogen and oxygen atoms in total. The van der Waals surface area contributed by atoms with Crippen LogP contribution in [-0.4, -0.2) is 35.5 Å². The molecule has 0 aliphatic carbocycles. The number of hydrogen-bond donors (Lipinski definition) is 4. The first-order valence-corrected chi connectivity index (χ1v) is 13.3. The number of nitrogens with one attached hydrogen (secondary N) is 3. The zero-order valence-electron chi connectivity index (χ0n) is 22.5. The normalized spacial score (nSPS) is 11.5. The fourth-order valence-corrected chi connectivity index (χ4v) is 4.44. The van der Waals surface area contributed by atoms with Gasteiger partial charge < -0.3 is 25.5 Å². The number of carboxylic acid groups (broad SMARTS) is 1. The lowest BCUT2D eigenvalue weighted by molar-refractivity contribution is -0.136. The number of carbonyl (C=O) groups excluding carboxylic acids is 2. The molecule has 42 heavy (non-hydrogen) atoms. The lowest BCUT2D eigenvalue weighted by Gasteiger charge is -2.20. The molecule has 0 aliphatic heterocycles. The smallest absolute Gasteiger partial charge is 0.305 e. The summed E-state index contributed by atoms with van der Waals surface area (Å²) >= 11 is 0. The van der Waals surface area contributed by atoms with Gasteiger partial charge in [0.15, 0.2) is 0 Å². The van der Waals surface area contributed by atoms with Gasteiger partial charge in [0.05, 0.1) is 6.42 Å². The molecule has 4 aromatic carbocycles. The van der Waals surface area contributed by atoms with Crippen molar-refractivity contribution in [1.82, 2.24) is 5.32 Å². The Labute approximate surface area is 241 Å². The topological polar surface area (TPSA) is 121 Å². The van der Waals surface area contributed by atoms with Crippen LogP contribution in [0.4, 0.5) is 15.8 Å². The Morgan fingerprint density at radius 1 is 0.833 bits per heavy atom. The molecule has 1 unspecified atom stereocenters. The molecule has 0 fully saturated rings. The van der Waals surface area contributed by atoms with Crippen LogP contribution in [0.3, 0.4) is 0 Å². The summed E-state index contributed by atoms with van der Waals surface area (Å²) in [7, 11) is 0. The van der Waals surface area contributed by atoms with E-state index >= 15 is 0 Å². The SMILES string of the molecule is O=C(O)CCNC(=O)c1ccc(NC(Cc2ccc(F)cc2)C(=O)Nc2ccc(-c3cc4ccccc4o3)cc2)cc1. The number of furan rings is 1. The molecule has 5 aromatic rings. The second-order valence-corrected chi connectivity index (χ2v) is 9.72. The molecule has 1 aromatic heterocycles. The van der Waals surface area contributed by atoms with E-state index in [2.05, 4.69) is 16.0 Å². The summed E-state index contributed by atoms with van der Waals surface area (Å²) in [6, 6.07) is 28.8. The van der Waals surface area contributed by atoms with Gasteiger partial charge in [-0.1, -0.05) is 30.3 Å². The molecule has 212 valence electrons. The monoisotopic (exact) mass is 565 g/mol. The molecule has 0 aliphatic rings. The molecular formula is C33H28FN3O5. The second-order valence-electron chi connectivity index (χ2n) is 9.72. The van der Waals surface area contributed by atoms with Crippen molar-refractivity contribution in [2.24, 2.45) is 0 Å². The number of anilines is 2. The standard InChI is InChI=1S/C33H28FN3O5/c34-25-11-5-21(6-12-25)19-28(36-26-15-9-23(10-16-26)32(40)35-18-17-31(38)39)33(41)37-27-13-7-22(8-14-27)30-20-24-3-1-2-4-29(24)42-30/h1-16,20,28,36H,17-19H2,(H,35,40)(H,37,41)(H,38,39). The van der Waals surface area contributed by atoms with Crippen LogP contribution in [0.2, 0.25) is 0 Å². The van der Waals surface area contributed by atoms with Crippen molar-refractivity contribution in [3.63, 3.8) is 0 Å². The number of carbonyl (C=O) groups is 3. The number of fused-ring (bicyclic) bond motifs is 1. The van der Waals surface area contributed by atoms with E-state index in [0.29, 0.717) is 16.9 Å². The number of carboxylic acids is 1. The summed E-state index contributed by atoms with van der Waals surface area (Å²) in [5.74, 6) is -1.33. The molecule has 0 radical (unpaired) electrons. The Kier molecular flexibility index (Phi) is 8.58. The van der Waals surface area contributed by atoms with Crippen molar-refractivity contribution in [3.8, 4) is 11.3 Å². The third-order valence-electron chi connectivity index (χ3n) is 6.64. The summed E-state index contributed by atoms with van der Waals surface area (Å²) in [6.45, 7) is 0.0212. The summed E-state index contributed by atoms with van der Waals surface area (Å²) in [5, 5.41) is 18.5. The molecule has 0 saturated heterocycles. The number of aliphatic carboxylic acids is 1. The Balaban J connectivity index is 1.28. The largest absolute Gasteiger partial charge is 0.481 e. The molecule has 9 heteroatoms. The quantitative estimate of drug-likeness (QED) is 0.154. The third kappa shape index (κ3) is 7.19. The first-order chi connectivity index (χ1) is 20.3. The van der Waals surface area contributed by atoms with Gasteiger partial charge in [-0.15, -0.1) is 0 Å². The molecule has 1 atom stereocenters. The second kappa shape index (κ2) is 12.8. The Bertz CT molecular complexity index is 1660. The Morgan fingerprint density at radius 2 is 1.52 bits per heavy atom. The zero-order valence-corrected chi connectivity index (χ0v) is 22.5. The van der Waals surface area contributed by atoms with Crippen molar-refractivity contribution in [2.45, 2.75) is 18.9 Å². The fraction of sp³-hybridized carbons (Fsp3) is 0.121. The van der Waals surface area contributed by atoms with Gasteiger partial charge in [0.1, 0.15) is 23.2 Å². The number of hydrogen-bond acceptors (Lipinski definition) is 5. The van der Waals surface area contributed by atoms with Crippen LogP contribution < -0.4 is 16.0 Å². The number of amides is 2. The van der Waals surface area contributed by atoms with Gasteiger partial charge in [0.25, 0.3) is 5.91 Å². The molecule has 0 saturated carbocycles. The summed E-state index contributed by atoms with van der Waals surface area (Å²) in [6.07, 6.45) is 0.106. The van der Waals surface area contributed by atoms with Gasteiger partial charge >= 0.3 is 5.97 Å². The van der Waals surface area contributed by atoms with E-state index in [1.807, 2.05) is 42.5 Å². The third-order valence-corrected chi connectivity index (χ3v) is 6.64. The highest BCUT2D eigenvalue weighted by molar-refractivity contribution is 5.97. The van der Waals surface area contributed by atoms with Gasteiger partial charge in [-0.3, -0.25) is 14.4 Å². The number of benzene rings is 4. The summed E-state index contributed by atoms with van der Waals surface area (Å²) in [5.41, 5.74) is 3.98. The number of rotatable bonds is 11. The molecule has 0 spiro atoms. The van der Waals surface area contributed by atoms with Crippen LogP contribution in [0.25, 0.3) is 22.3 Å². The lowest BCUT2D eigenvalue weighted by atomic mass is 10.0. The minimum absolute atomic E-state index is 0.0212. The van der Waals surface area contributed by atoms with Crippen LogP contribution >= 0.6 is 0 Å². The van der Waals surface area contributed by atoms with Crippen LogP contribution in [0.15, 0.2) is 108 Å². The van der Waals surface area contributed by atoms with E-state index < -0.39 is 17.9 Å². The average molecular weight is 566 g/mol. The zero-order chi connectivity index (χ0) is 29.5. The molecular weight excluding hydrogens is 537 g/mol. The summed E-state index contributed by atoms with van der Waals surface area (Å²) < 4.78 is 19.4. The number of para-hydroxylation sites is 1. The van der Waals surface area contributed by atoms with Gasteiger partial charge in [0.2, 0.25) is 5.91 Å². The van der Waals surface area contributed by atoms with Gasteiger partial charge in [-0.05, 0) is 78.4 Å². The van der Waals surface area contributed by atoms with Crippen LogP contribution in [0.5, 0.6) is 0 Å². The van der Waals surface area contributed by atoms with Crippen LogP contribution in [0, 0.1) is 5.82 Å². The molecule has 4 N–H and O–H groups in total. The van der Waals surface area contributed by atoms with Crippen LogP contribution in [0.1, 0.15) is 22.3 Å². The molecule has 2 amide bonds. The van der Waals surface area contributed by atoms with Crippen molar-refractivity contribution < 1.29 is 28.3 Å². The highest BCUT2D eigenvalue weighted by Crippen LogP contribution is 2.28. The Morgan fingerprint density at radius 3 is 2.21 bits per heavy atom. The van der Waals surface area contributed by atoms with Crippen LogP contribution in [-0.2, 0) is 16.0 Å². The predicted molar refractivity (Wildman–Crippen MR) is 159 cm³/mol. The fourth-order valence-electron chi connectivity index (χ4n) is 4.44. The first-order valence-electron chi connectivity index (χ1n) is 13.3. The highest BCUT2D eigenvalue weighted by atomic mass is 19.1. The van der Waals surface area contributed by atoms with Gasteiger partial charge in [-0.25, -0.2) is 4.39 Å². The van der Waals surface area contributed by atoms with Crippen molar-refractivity contribution in [2.75, 3.05) is 17.2 Å².